The van der Waals surface area contributed by atoms with Gasteiger partial charge in [0, 0.05) is 21.3 Å². The fourth-order valence-corrected chi connectivity index (χ4v) is 3.45. The lowest BCUT2D eigenvalue weighted by molar-refractivity contribution is -0.136. The van der Waals surface area contributed by atoms with Gasteiger partial charge in [-0.3, -0.25) is 9.59 Å². The number of benzene rings is 3. The molecule has 3 aromatic rings. The molecular formula is C25H23Cl2N3O4. The number of hydrogen-bond acceptors (Lipinski definition) is 5. The molecule has 9 heteroatoms. The van der Waals surface area contributed by atoms with E-state index in [1.54, 1.807) is 54.6 Å². The van der Waals surface area contributed by atoms with Gasteiger partial charge in [-0.05, 0) is 67.4 Å². The number of nitrogens with zero attached hydrogens (tertiary/aromatic N) is 1. The summed E-state index contributed by atoms with van der Waals surface area (Å²) in [5.74, 6) is -0.728. The fourth-order valence-electron chi connectivity index (χ4n) is 2.94. The summed E-state index contributed by atoms with van der Waals surface area (Å²) in [6, 6.07) is 17.5. The van der Waals surface area contributed by atoms with Crippen molar-refractivity contribution in [3.8, 4) is 11.5 Å². The second-order valence-corrected chi connectivity index (χ2v) is 7.97. The predicted molar refractivity (Wildman–Crippen MR) is 134 cm³/mol. The van der Waals surface area contributed by atoms with Crippen LogP contribution in [0.4, 0.5) is 5.69 Å². The molecule has 7 nitrogen and oxygen atoms in total. The molecule has 0 saturated heterocycles. The molecule has 3 rings (SSSR count). The molecular weight excluding hydrogens is 477 g/mol. The Morgan fingerprint density at radius 2 is 1.68 bits per heavy atom. The summed E-state index contributed by atoms with van der Waals surface area (Å²) >= 11 is 12.4. The summed E-state index contributed by atoms with van der Waals surface area (Å²) in [7, 11) is 0. The number of aryl methyl sites for hydroxylation is 1. The quantitative estimate of drug-likeness (QED) is 0.247. The van der Waals surface area contributed by atoms with Crippen molar-refractivity contribution >= 4 is 46.9 Å². The van der Waals surface area contributed by atoms with Crippen LogP contribution in [0.5, 0.6) is 11.5 Å². The minimum atomic E-state index is -0.889. The summed E-state index contributed by atoms with van der Waals surface area (Å²) in [6.07, 6.45) is 1.40. The van der Waals surface area contributed by atoms with Crippen LogP contribution in [0.1, 0.15) is 23.6 Å². The molecule has 0 unspecified atom stereocenters. The molecule has 0 aliphatic rings. The van der Waals surface area contributed by atoms with Gasteiger partial charge in [-0.2, -0.15) is 5.10 Å². The van der Waals surface area contributed by atoms with Gasteiger partial charge in [0.1, 0.15) is 6.61 Å². The highest BCUT2D eigenvalue weighted by Gasteiger charge is 2.13. The van der Waals surface area contributed by atoms with E-state index < -0.39 is 11.8 Å². The third-order valence-corrected chi connectivity index (χ3v) is 5.27. The smallest absolute Gasteiger partial charge is 0.329 e. The number of hydrogen-bond donors (Lipinski definition) is 2. The number of halogens is 2. The molecule has 176 valence electrons. The number of amides is 2. The first-order valence-corrected chi connectivity index (χ1v) is 11.2. The van der Waals surface area contributed by atoms with Crippen LogP contribution in [-0.2, 0) is 16.2 Å². The molecule has 0 fully saturated rings. The molecule has 0 spiro atoms. The molecule has 0 aromatic heterocycles. The van der Waals surface area contributed by atoms with Gasteiger partial charge in [0.05, 0.1) is 12.8 Å². The highest BCUT2D eigenvalue weighted by Crippen LogP contribution is 2.31. The lowest BCUT2D eigenvalue weighted by Gasteiger charge is -2.14. The van der Waals surface area contributed by atoms with Crippen molar-refractivity contribution in [2.24, 2.45) is 5.10 Å². The Kier molecular flexibility index (Phi) is 8.90. The number of hydrazone groups is 1. The zero-order chi connectivity index (χ0) is 24.5. The van der Waals surface area contributed by atoms with Crippen molar-refractivity contribution in [1.82, 2.24) is 5.43 Å². The third-order valence-electron chi connectivity index (χ3n) is 4.56. The molecule has 2 amide bonds. The number of carbonyl (C=O) groups is 2. The average molecular weight is 500 g/mol. The van der Waals surface area contributed by atoms with Crippen molar-refractivity contribution in [2.75, 3.05) is 11.9 Å². The van der Waals surface area contributed by atoms with Crippen LogP contribution >= 0.6 is 23.2 Å². The first-order valence-electron chi connectivity index (χ1n) is 10.4. The summed E-state index contributed by atoms with van der Waals surface area (Å²) in [5, 5.41) is 7.39. The highest BCUT2D eigenvalue weighted by molar-refractivity contribution is 6.39. The summed E-state index contributed by atoms with van der Waals surface area (Å²) in [5.41, 5.74) is 5.00. The van der Waals surface area contributed by atoms with Gasteiger partial charge in [-0.15, -0.1) is 0 Å². The van der Waals surface area contributed by atoms with Crippen molar-refractivity contribution in [3.05, 3.63) is 87.4 Å². The van der Waals surface area contributed by atoms with Gasteiger partial charge in [-0.1, -0.05) is 41.4 Å². The van der Waals surface area contributed by atoms with Crippen molar-refractivity contribution in [2.45, 2.75) is 20.5 Å². The van der Waals surface area contributed by atoms with E-state index in [1.165, 1.54) is 6.21 Å². The molecule has 34 heavy (non-hydrogen) atoms. The molecule has 0 aliphatic heterocycles. The second kappa shape index (κ2) is 12.1. The zero-order valence-electron chi connectivity index (χ0n) is 18.6. The Balaban J connectivity index is 1.62. The van der Waals surface area contributed by atoms with E-state index in [0.717, 1.165) is 5.56 Å². The average Bonchev–Trinajstić information content (AvgIpc) is 2.80. The van der Waals surface area contributed by atoms with Crippen LogP contribution in [0, 0.1) is 6.92 Å². The van der Waals surface area contributed by atoms with Crippen LogP contribution in [0.3, 0.4) is 0 Å². The summed E-state index contributed by atoms with van der Waals surface area (Å²) in [4.78, 5) is 24.1. The van der Waals surface area contributed by atoms with E-state index in [9.17, 15) is 9.59 Å². The molecule has 0 atom stereocenters. The molecule has 0 saturated carbocycles. The van der Waals surface area contributed by atoms with Gasteiger partial charge in [0.15, 0.2) is 11.5 Å². The van der Waals surface area contributed by atoms with Crippen LogP contribution in [0.25, 0.3) is 0 Å². The van der Waals surface area contributed by atoms with E-state index in [2.05, 4.69) is 15.8 Å². The molecule has 0 bridgehead atoms. The van der Waals surface area contributed by atoms with Gasteiger partial charge in [0.25, 0.3) is 0 Å². The Bertz CT molecular complexity index is 1190. The van der Waals surface area contributed by atoms with E-state index in [-0.39, 0.29) is 6.61 Å². The topological polar surface area (TPSA) is 89.0 Å². The SMILES string of the molecule is CCOc1cc(/C=N\NC(=O)C(=O)Nc2cccc(C)c2)ccc1OCc1c(Cl)cccc1Cl. The Labute approximate surface area is 207 Å². The Morgan fingerprint density at radius 1 is 0.941 bits per heavy atom. The zero-order valence-corrected chi connectivity index (χ0v) is 20.1. The van der Waals surface area contributed by atoms with Crippen LogP contribution in [0.2, 0.25) is 10.0 Å². The molecule has 2 N–H and O–H groups in total. The van der Waals surface area contributed by atoms with Gasteiger partial charge < -0.3 is 14.8 Å². The molecule has 0 aliphatic carbocycles. The number of rotatable bonds is 8. The van der Waals surface area contributed by atoms with Crippen molar-refractivity contribution in [1.29, 1.82) is 0 Å². The third kappa shape index (κ3) is 6.97. The first kappa shape index (κ1) is 25.1. The standard InChI is InChI=1S/C25H23Cl2N3O4/c1-3-33-23-13-17(10-11-22(23)34-15-19-20(26)8-5-9-21(19)27)14-28-30-25(32)24(31)29-18-7-4-6-16(2)12-18/h4-14H,3,15H2,1-2H3,(H,29,31)(H,30,32)/b28-14-. The second-order valence-electron chi connectivity index (χ2n) is 7.15. The van der Waals surface area contributed by atoms with E-state index in [1.807, 2.05) is 19.9 Å². The van der Waals surface area contributed by atoms with Crippen LogP contribution in [0.15, 0.2) is 65.8 Å². The predicted octanol–water partition coefficient (Wildman–Crippen LogP) is 5.37. The molecule has 0 radical (unpaired) electrons. The maximum absolute atomic E-state index is 12.0. The van der Waals surface area contributed by atoms with E-state index in [0.29, 0.717) is 45.0 Å². The monoisotopic (exact) mass is 499 g/mol. The number of nitrogens with one attached hydrogen (secondary N) is 2. The van der Waals surface area contributed by atoms with E-state index in [4.69, 9.17) is 32.7 Å². The number of anilines is 1. The van der Waals surface area contributed by atoms with E-state index >= 15 is 0 Å². The van der Waals surface area contributed by atoms with Gasteiger partial charge in [-0.25, -0.2) is 5.43 Å². The largest absolute Gasteiger partial charge is 0.490 e. The minimum Gasteiger partial charge on any atom is -0.490 e. The lowest BCUT2D eigenvalue weighted by atomic mass is 10.2. The Hall–Kier alpha value is -3.55. The van der Waals surface area contributed by atoms with Crippen LogP contribution < -0.4 is 20.2 Å². The fraction of sp³-hybridized carbons (Fsp3) is 0.160. The lowest BCUT2D eigenvalue weighted by Crippen LogP contribution is -2.32. The summed E-state index contributed by atoms with van der Waals surface area (Å²) < 4.78 is 11.5. The summed E-state index contributed by atoms with van der Waals surface area (Å²) in [6.45, 7) is 4.32. The highest BCUT2D eigenvalue weighted by atomic mass is 35.5. The number of ether oxygens (including phenoxy) is 2. The van der Waals surface area contributed by atoms with Gasteiger partial charge >= 0.3 is 11.8 Å². The normalized spacial score (nSPS) is 10.7. The number of carbonyl (C=O) groups excluding carboxylic acids is 2. The maximum atomic E-state index is 12.0. The van der Waals surface area contributed by atoms with Gasteiger partial charge in [0.2, 0.25) is 0 Å². The minimum absolute atomic E-state index is 0.165. The van der Waals surface area contributed by atoms with Crippen molar-refractivity contribution in [3.63, 3.8) is 0 Å². The maximum Gasteiger partial charge on any atom is 0.329 e. The molecule has 3 aromatic carbocycles. The molecule has 0 heterocycles. The Morgan fingerprint density at radius 3 is 2.38 bits per heavy atom. The van der Waals surface area contributed by atoms with Crippen LogP contribution in [-0.4, -0.2) is 24.6 Å². The first-order chi connectivity index (χ1) is 16.4. The van der Waals surface area contributed by atoms with Crippen molar-refractivity contribution < 1.29 is 19.1 Å².